The van der Waals surface area contributed by atoms with E-state index in [-0.39, 0.29) is 0 Å². The Hall–Kier alpha value is -2.87. The Morgan fingerprint density at radius 1 is 1.00 bits per heavy atom. The van der Waals surface area contributed by atoms with Crippen molar-refractivity contribution in [2.24, 2.45) is 0 Å². The van der Waals surface area contributed by atoms with Crippen molar-refractivity contribution in [3.63, 3.8) is 0 Å². The van der Waals surface area contributed by atoms with Gasteiger partial charge in [0.2, 0.25) is 0 Å². The maximum absolute atomic E-state index is 9.60. The minimum atomic E-state index is 0.553. The van der Waals surface area contributed by atoms with E-state index in [0.717, 1.165) is 15.5 Å². The molecule has 0 radical (unpaired) electrons. The molecule has 3 nitrogen and oxygen atoms in total. The van der Waals surface area contributed by atoms with Crippen molar-refractivity contribution in [2.45, 2.75) is 16.5 Å². The van der Waals surface area contributed by atoms with E-state index < -0.39 is 0 Å². The number of nitrogens with two attached hydrogens (primary N) is 1. The molecule has 2 N–H and O–H groups in total. The highest BCUT2D eigenvalue weighted by Crippen LogP contribution is 2.36. The van der Waals surface area contributed by atoms with Crippen molar-refractivity contribution in [1.82, 2.24) is 4.57 Å². The quantitative estimate of drug-likeness (QED) is 0.469. The summed E-state index contributed by atoms with van der Waals surface area (Å²) in [7, 11) is 0. The predicted octanol–water partition coefficient (Wildman–Crippen LogP) is 5.95. The van der Waals surface area contributed by atoms with Crippen LogP contribution in [0.4, 0.5) is 5.69 Å². The van der Waals surface area contributed by atoms with Gasteiger partial charge in [0.15, 0.2) is 0 Å². The Morgan fingerprint density at radius 2 is 1.74 bits per heavy atom. The Bertz CT molecular complexity index is 1150. The van der Waals surface area contributed by atoms with Crippen LogP contribution in [0, 0.1) is 11.3 Å². The van der Waals surface area contributed by atoms with Gasteiger partial charge in [-0.25, -0.2) is 0 Å². The summed E-state index contributed by atoms with van der Waals surface area (Å²) in [6.07, 6.45) is 0. The van der Waals surface area contributed by atoms with Gasteiger partial charge in [0.05, 0.1) is 5.69 Å². The monoisotopic (exact) mass is 389 g/mol. The van der Waals surface area contributed by atoms with Gasteiger partial charge in [0, 0.05) is 16.5 Å². The molecule has 4 aromatic rings. The maximum Gasteiger partial charge on any atom is 0.123 e. The average Bonchev–Trinajstić information content (AvgIpc) is 2.99. The number of rotatable bonds is 4. The molecule has 0 aliphatic carbocycles. The average molecular weight is 390 g/mol. The predicted molar refractivity (Wildman–Crippen MR) is 112 cm³/mol. The first kappa shape index (κ1) is 17.5. The van der Waals surface area contributed by atoms with Crippen molar-refractivity contribution < 1.29 is 0 Å². The number of anilines is 1. The normalized spacial score (nSPS) is 10.8. The minimum absolute atomic E-state index is 0.553. The molecule has 0 saturated carbocycles. The summed E-state index contributed by atoms with van der Waals surface area (Å²) in [5, 5.41) is 13.5. The van der Waals surface area contributed by atoms with Crippen LogP contribution in [-0.2, 0) is 6.54 Å². The van der Waals surface area contributed by atoms with Crippen LogP contribution < -0.4 is 5.73 Å². The van der Waals surface area contributed by atoms with E-state index in [2.05, 4.69) is 30.3 Å². The van der Waals surface area contributed by atoms with Crippen LogP contribution in [0.5, 0.6) is 0 Å². The lowest BCUT2D eigenvalue weighted by Crippen LogP contribution is -2.05. The standard InChI is InChI=1S/C22H16ClN3S/c23-17-8-10-19(11-9-17)27-22-21(25)12-18(13-24)26(22)14-16-6-3-5-15-4-1-2-7-20(15)16/h1-12H,14,25H2. The number of halogens is 1. The lowest BCUT2D eigenvalue weighted by atomic mass is 10.0. The largest absolute Gasteiger partial charge is 0.397 e. The van der Waals surface area contributed by atoms with E-state index >= 15 is 0 Å². The van der Waals surface area contributed by atoms with Gasteiger partial charge in [0.25, 0.3) is 0 Å². The highest BCUT2D eigenvalue weighted by atomic mass is 35.5. The zero-order chi connectivity index (χ0) is 18.8. The molecule has 0 amide bonds. The number of nitriles is 1. The summed E-state index contributed by atoms with van der Waals surface area (Å²) in [6.45, 7) is 0.581. The molecule has 0 fully saturated rings. The number of nitrogen functional groups attached to an aromatic ring is 1. The molecule has 0 aliphatic heterocycles. The Kier molecular flexibility index (Phi) is 4.81. The van der Waals surface area contributed by atoms with E-state index in [1.165, 1.54) is 22.5 Å². The van der Waals surface area contributed by atoms with E-state index in [1.54, 1.807) is 6.07 Å². The van der Waals surface area contributed by atoms with Crippen LogP contribution in [-0.4, -0.2) is 4.57 Å². The fourth-order valence-electron chi connectivity index (χ4n) is 3.13. The van der Waals surface area contributed by atoms with Gasteiger partial charge in [-0.3, -0.25) is 0 Å². The van der Waals surface area contributed by atoms with E-state index in [1.807, 2.05) is 47.0 Å². The van der Waals surface area contributed by atoms with Gasteiger partial charge in [0.1, 0.15) is 16.8 Å². The first-order valence-electron chi connectivity index (χ1n) is 8.45. The summed E-state index contributed by atoms with van der Waals surface area (Å²) in [6, 6.07) is 26.1. The van der Waals surface area contributed by atoms with Crippen molar-refractivity contribution in [2.75, 3.05) is 5.73 Å². The summed E-state index contributed by atoms with van der Waals surface area (Å²) in [5.41, 5.74) is 8.55. The Balaban J connectivity index is 1.77. The summed E-state index contributed by atoms with van der Waals surface area (Å²) in [5.74, 6) is 0. The first-order valence-corrected chi connectivity index (χ1v) is 9.64. The molecule has 0 aliphatic rings. The number of fused-ring (bicyclic) bond motifs is 1. The SMILES string of the molecule is N#Cc1cc(N)c(Sc2ccc(Cl)cc2)n1Cc1cccc2ccccc12. The first-order chi connectivity index (χ1) is 13.2. The lowest BCUT2D eigenvalue weighted by molar-refractivity contribution is 0.729. The van der Waals surface area contributed by atoms with E-state index in [9.17, 15) is 5.26 Å². The third-order valence-corrected chi connectivity index (χ3v) is 5.84. The molecule has 5 heteroatoms. The van der Waals surface area contributed by atoms with Crippen molar-refractivity contribution >= 4 is 39.8 Å². The number of hydrogen-bond acceptors (Lipinski definition) is 3. The number of benzene rings is 3. The second-order valence-corrected chi connectivity index (χ2v) is 7.68. The number of hydrogen-bond donors (Lipinski definition) is 1. The minimum Gasteiger partial charge on any atom is -0.397 e. The lowest BCUT2D eigenvalue weighted by Gasteiger charge is -2.13. The molecule has 132 valence electrons. The second-order valence-electron chi connectivity index (χ2n) is 6.18. The van der Waals surface area contributed by atoms with Crippen molar-refractivity contribution in [3.8, 4) is 6.07 Å². The van der Waals surface area contributed by atoms with Crippen LogP contribution >= 0.6 is 23.4 Å². The van der Waals surface area contributed by atoms with Crippen LogP contribution in [0.2, 0.25) is 5.02 Å². The van der Waals surface area contributed by atoms with Gasteiger partial charge in [-0.05, 0) is 46.7 Å². The topological polar surface area (TPSA) is 54.7 Å². The fourth-order valence-corrected chi connectivity index (χ4v) is 4.20. The smallest absolute Gasteiger partial charge is 0.123 e. The third kappa shape index (κ3) is 3.52. The molecule has 0 saturated heterocycles. The second kappa shape index (κ2) is 7.40. The van der Waals surface area contributed by atoms with Crippen LogP contribution in [0.25, 0.3) is 10.8 Å². The molecule has 0 unspecified atom stereocenters. The highest BCUT2D eigenvalue weighted by Gasteiger charge is 2.16. The zero-order valence-electron chi connectivity index (χ0n) is 14.4. The Morgan fingerprint density at radius 3 is 2.52 bits per heavy atom. The van der Waals surface area contributed by atoms with Gasteiger partial charge in [-0.2, -0.15) is 5.26 Å². The molecular weight excluding hydrogens is 374 g/mol. The molecule has 4 rings (SSSR count). The van der Waals surface area contributed by atoms with Gasteiger partial charge in [-0.1, -0.05) is 65.8 Å². The molecule has 0 spiro atoms. The third-order valence-electron chi connectivity index (χ3n) is 4.43. The van der Waals surface area contributed by atoms with Gasteiger partial charge in [-0.15, -0.1) is 0 Å². The van der Waals surface area contributed by atoms with E-state index in [0.29, 0.717) is 22.9 Å². The molecule has 3 aromatic carbocycles. The Labute approximate surface area is 167 Å². The molecule has 27 heavy (non-hydrogen) atoms. The van der Waals surface area contributed by atoms with Gasteiger partial charge < -0.3 is 10.3 Å². The zero-order valence-corrected chi connectivity index (χ0v) is 16.0. The summed E-state index contributed by atoms with van der Waals surface area (Å²) < 4.78 is 1.98. The van der Waals surface area contributed by atoms with Crippen molar-refractivity contribution in [1.29, 1.82) is 5.26 Å². The molecule has 1 aromatic heterocycles. The van der Waals surface area contributed by atoms with Crippen molar-refractivity contribution in [3.05, 3.63) is 89.1 Å². The molecular formula is C22H16ClN3S. The van der Waals surface area contributed by atoms with E-state index in [4.69, 9.17) is 17.3 Å². The number of nitrogens with zero attached hydrogens (tertiary/aromatic N) is 2. The summed E-state index contributed by atoms with van der Waals surface area (Å²) >= 11 is 7.52. The van der Waals surface area contributed by atoms with Crippen LogP contribution in [0.1, 0.15) is 11.3 Å². The molecule has 0 bridgehead atoms. The fraction of sp³-hybridized carbons (Fsp3) is 0.0455. The van der Waals surface area contributed by atoms with Crippen LogP contribution in [0.3, 0.4) is 0 Å². The summed E-state index contributed by atoms with van der Waals surface area (Å²) in [4.78, 5) is 1.02. The molecule has 0 atom stereocenters. The molecule has 1 heterocycles. The van der Waals surface area contributed by atoms with Gasteiger partial charge >= 0.3 is 0 Å². The van der Waals surface area contributed by atoms with Crippen LogP contribution in [0.15, 0.2) is 82.7 Å². The number of aromatic nitrogens is 1. The maximum atomic E-state index is 9.60. The highest BCUT2D eigenvalue weighted by molar-refractivity contribution is 7.99.